The normalized spacial score (nSPS) is 11.1. The molecule has 0 bridgehead atoms. The molecule has 0 radical (unpaired) electrons. The van der Waals surface area contributed by atoms with Gasteiger partial charge in [0.2, 0.25) is 0 Å². The fraction of sp³-hybridized carbons (Fsp3) is 0.136. The number of aromatic carboxylic acids is 1. The molecule has 0 saturated carbocycles. The Bertz CT molecular complexity index is 1280. The molecular weight excluding hydrogens is 391 g/mol. The first-order valence-corrected chi connectivity index (χ1v) is 9.80. The highest BCUT2D eigenvalue weighted by Gasteiger charge is 2.21. The van der Waals surface area contributed by atoms with Crippen LogP contribution in [0.4, 0.5) is 4.39 Å². The molecule has 2 aromatic carbocycles. The molecule has 0 atom stereocenters. The molecule has 29 heavy (non-hydrogen) atoms. The minimum absolute atomic E-state index is 0.110. The van der Waals surface area contributed by atoms with E-state index in [0.717, 1.165) is 16.9 Å². The molecule has 0 amide bonds. The van der Waals surface area contributed by atoms with Crippen molar-refractivity contribution in [3.05, 3.63) is 98.2 Å². The lowest BCUT2D eigenvalue weighted by Crippen LogP contribution is -2.26. The molecule has 2 heterocycles. The molecule has 0 fully saturated rings. The maximum Gasteiger partial charge on any atom is 0.346 e. The van der Waals surface area contributed by atoms with Crippen LogP contribution in [0.3, 0.4) is 0 Å². The van der Waals surface area contributed by atoms with Crippen LogP contribution in [0.25, 0.3) is 10.2 Å². The highest BCUT2D eigenvalue weighted by atomic mass is 32.1. The Labute approximate surface area is 169 Å². The monoisotopic (exact) mass is 408 g/mol. The van der Waals surface area contributed by atoms with Gasteiger partial charge < -0.3 is 5.11 Å². The number of carboxylic acids is 1. The lowest BCUT2D eigenvalue weighted by Gasteiger charge is -2.13. The average Bonchev–Trinajstić information content (AvgIpc) is 3.02. The van der Waals surface area contributed by atoms with Gasteiger partial charge in [-0.2, -0.15) is 0 Å². The molecule has 5 nitrogen and oxygen atoms in total. The van der Waals surface area contributed by atoms with Gasteiger partial charge in [0, 0.05) is 6.42 Å². The quantitative estimate of drug-likeness (QED) is 0.536. The maximum atomic E-state index is 13.7. The lowest BCUT2D eigenvalue weighted by molar-refractivity contribution is 0.0701. The van der Waals surface area contributed by atoms with Crippen molar-refractivity contribution < 1.29 is 14.3 Å². The Morgan fingerprint density at radius 3 is 2.55 bits per heavy atom. The fourth-order valence-electron chi connectivity index (χ4n) is 3.36. The second kappa shape index (κ2) is 7.60. The van der Waals surface area contributed by atoms with Gasteiger partial charge in [-0.1, -0.05) is 42.5 Å². The van der Waals surface area contributed by atoms with Gasteiger partial charge >= 0.3 is 5.97 Å². The number of carboxylic acid groups (broad SMARTS) is 1. The summed E-state index contributed by atoms with van der Waals surface area (Å²) in [5.74, 6) is -0.948. The Morgan fingerprint density at radius 2 is 1.86 bits per heavy atom. The molecule has 1 N–H and O–H groups in total. The van der Waals surface area contributed by atoms with Crippen LogP contribution in [0.15, 0.2) is 59.4 Å². The number of nitrogens with zero attached hydrogens (tertiary/aromatic N) is 2. The molecule has 7 heteroatoms. The number of rotatable bonds is 5. The molecule has 0 aliphatic heterocycles. The molecule has 4 aromatic rings. The van der Waals surface area contributed by atoms with Crippen molar-refractivity contribution in [2.75, 3.05) is 0 Å². The van der Waals surface area contributed by atoms with Crippen LogP contribution >= 0.6 is 11.3 Å². The number of aromatic nitrogens is 2. The fourth-order valence-corrected chi connectivity index (χ4v) is 4.39. The summed E-state index contributed by atoms with van der Waals surface area (Å²) in [5, 5.41) is 9.74. The third-order valence-electron chi connectivity index (χ3n) is 4.76. The van der Waals surface area contributed by atoms with Crippen LogP contribution in [0.1, 0.15) is 32.2 Å². The highest BCUT2D eigenvalue weighted by Crippen LogP contribution is 2.28. The largest absolute Gasteiger partial charge is 0.477 e. The Hall–Kier alpha value is -3.32. The topological polar surface area (TPSA) is 72.2 Å². The standard InChI is InChI=1S/C22H17FN2O3S/c1-13-18-20(29-19(13)22(27)28)24-17(11-14-6-3-2-4-7-14)25(21(18)26)12-15-8-5-9-16(23)10-15/h2-10H,11-12H2,1H3,(H,27,28). The number of benzene rings is 2. The van der Waals surface area contributed by atoms with E-state index >= 15 is 0 Å². The van der Waals surface area contributed by atoms with Gasteiger partial charge in [-0.05, 0) is 35.7 Å². The summed E-state index contributed by atoms with van der Waals surface area (Å²) < 4.78 is 15.2. The number of carbonyl (C=O) groups is 1. The number of hydrogen-bond acceptors (Lipinski definition) is 4. The number of hydrogen-bond donors (Lipinski definition) is 1. The summed E-state index contributed by atoms with van der Waals surface area (Å²) in [5.41, 5.74) is 1.70. The predicted molar refractivity (Wildman–Crippen MR) is 110 cm³/mol. The smallest absolute Gasteiger partial charge is 0.346 e. The van der Waals surface area contributed by atoms with E-state index in [4.69, 9.17) is 0 Å². The van der Waals surface area contributed by atoms with E-state index in [2.05, 4.69) is 4.98 Å². The van der Waals surface area contributed by atoms with Crippen molar-refractivity contribution in [3.8, 4) is 0 Å². The van der Waals surface area contributed by atoms with E-state index in [1.165, 1.54) is 16.7 Å². The van der Waals surface area contributed by atoms with Crippen molar-refractivity contribution in [1.82, 2.24) is 9.55 Å². The Kier molecular flexibility index (Phi) is 4.98. The molecule has 0 aliphatic rings. The minimum atomic E-state index is -1.08. The molecule has 0 aliphatic carbocycles. The van der Waals surface area contributed by atoms with Gasteiger partial charge in [-0.3, -0.25) is 9.36 Å². The van der Waals surface area contributed by atoms with Gasteiger partial charge in [0.05, 0.1) is 11.9 Å². The lowest BCUT2D eigenvalue weighted by atomic mass is 10.1. The number of halogens is 1. The van der Waals surface area contributed by atoms with Crippen LogP contribution in [0.5, 0.6) is 0 Å². The molecule has 0 saturated heterocycles. The molecule has 0 spiro atoms. The summed E-state index contributed by atoms with van der Waals surface area (Å²) in [6.45, 7) is 1.77. The van der Waals surface area contributed by atoms with Crippen molar-refractivity contribution in [2.45, 2.75) is 19.9 Å². The summed E-state index contributed by atoms with van der Waals surface area (Å²) in [6.07, 6.45) is 0.403. The molecule has 4 rings (SSSR count). The van der Waals surface area contributed by atoms with E-state index < -0.39 is 5.97 Å². The van der Waals surface area contributed by atoms with E-state index in [-0.39, 0.29) is 22.8 Å². The number of aryl methyl sites for hydroxylation is 1. The predicted octanol–water partition coefficient (Wildman–Crippen LogP) is 4.24. The van der Waals surface area contributed by atoms with Crippen molar-refractivity contribution in [2.24, 2.45) is 0 Å². The SMILES string of the molecule is Cc1c(C(=O)O)sc2nc(Cc3ccccc3)n(Cc3cccc(F)c3)c(=O)c12. The van der Waals surface area contributed by atoms with Crippen LogP contribution in [-0.2, 0) is 13.0 Å². The van der Waals surface area contributed by atoms with Crippen LogP contribution in [-0.4, -0.2) is 20.6 Å². The van der Waals surface area contributed by atoms with Gasteiger partial charge in [0.1, 0.15) is 21.3 Å². The molecule has 146 valence electrons. The van der Waals surface area contributed by atoms with Gasteiger partial charge in [-0.15, -0.1) is 11.3 Å². The second-order valence-electron chi connectivity index (χ2n) is 6.75. The second-order valence-corrected chi connectivity index (χ2v) is 7.75. The minimum Gasteiger partial charge on any atom is -0.477 e. The number of fused-ring (bicyclic) bond motifs is 1. The van der Waals surface area contributed by atoms with Crippen molar-refractivity contribution in [3.63, 3.8) is 0 Å². The first-order valence-electron chi connectivity index (χ1n) is 8.98. The Balaban J connectivity index is 1.92. The van der Waals surface area contributed by atoms with E-state index in [9.17, 15) is 19.1 Å². The van der Waals surface area contributed by atoms with Crippen LogP contribution in [0.2, 0.25) is 0 Å². The summed E-state index contributed by atoms with van der Waals surface area (Å²) in [6, 6.07) is 15.7. The van der Waals surface area contributed by atoms with E-state index in [1.807, 2.05) is 30.3 Å². The first-order chi connectivity index (χ1) is 13.9. The molecule has 2 aromatic heterocycles. The molecule has 0 unspecified atom stereocenters. The van der Waals surface area contributed by atoms with Crippen molar-refractivity contribution >= 4 is 27.5 Å². The van der Waals surface area contributed by atoms with Gasteiger partial charge in [0.25, 0.3) is 5.56 Å². The third kappa shape index (κ3) is 3.69. The van der Waals surface area contributed by atoms with Crippen LogP contribution < -0.4 is 5.56 Å². The summed E-state index contributed by atoms with van der Waals surface area (Å²) in [4.78, 5) is 30.0. The first kappa shape index (κ1) is 19.0. The maximum absolute atomic E-state index is 13.7. The zero-order chi connectivity index (χ0) is 20.5. The molecular formula is C22H17FN2O3S. The van der Waals surface area contributed by atoms with Crippen molar-refractivity contribution in [1.29, 1.82) is 0 Å². The summed E-state index contributed by atoms with van der Waals surface area (Å²) in [7, 11) is 0. The van der Waals surface area contributed by atoms with E-state index in [1.54, 1.807) is 19.1 Å². The third-order valence-corrected chi connectivity index (χ3v) is 5.93. The van der Waals surface area contributed by atoms with E-state index in [0.29, 0.717) is 33.6 Å². The average molecular weight is 408 g/mol. The zero-order valence-corrected chi connectivity index (χ0v) is 16.4. The van der Waals surface area contributed by atoms with Gasteiger partial charge in [-0.25, -0.2) is 14.2 Å². The highest BCUT2D eigenvalue weighted by molar-refractivity contribution is 7.20. The van der Waals surface area contributed by atoms with Crippen LogP contribution in [0, 0.1) is 12.7 Å². The van der Waals surface area contributed by atoms with Gasteiger partial charge in [0.15, 0.2) is 0 Å². The zero-order valence-electron chi connectivity index (χ0n) is 15.6. The Morgan fingerprint density at radius 1 is 1.14 bits per heavy atom. The summed E-state index contributed by atoms with van der Waals surface area (Å²) >= 11 is 1.00. The number of thiophene rings is 1.